The van der Waals surface area contributed by atoms with Gasteiger partial charge in [-0.3, -0.25) is 10.1 Å². The lowest BCUT2D eigenvalue weighted by atomic mass is 10.3. The van der Waals surface area contributed by atoms with Crippen LogP contribution in [-0.2, 0) is 9.84 Å². The fourth-order valence-electron chi connectivity index (χ4n) is 0.930. The van der Waals surface area contributed by atoms with Crippen molar-refractivity contribution in [2.45, 2.75) is 4.90 Å². The van der Waals surface area contributed by atoms with Crippen LogP contribution in [0.15, 0.2) is 29.2 Å². The number of benzene rings is 1. The number of hydrogen-bond acceptors (Lipinski definition) is 4. The molecule has 0 aliphatic heterocycles. The summed E-state index contributed by atoms with van der Waals surface area (Å²) in [6.07, 6.45) is 0. The van der Waals surface area contributed by atoms with E-state index < -0.39 is 14.8 Å². The molecule has 0 spiro atoms. The summed E-state index contributed by atoms with van der Waals surface area (Å²) in [5.74, 6) is 0. The van der Waals surface area contributed by atoms with Crippen LogP contribution in [0.25, 0.3) is 0 Å². The summed E-state index contributed by atoms with van der Waals surface area (Å²) in [7, 11) is -3.53. The molecule has 76 valence electrons. The number of sulfone groups is 1. The Hall–Kier alpha value is -0.700. The summed E-state index contributed by atoms with van der Waals surface area (Å²) in [5.41, 5.74) is -0.371. The van der Waals surface area contributed by atoms with Crippen LogP contribution in [0.1, 0.15) is 0 Å². The van der Waals surface area contributed by atoms with Crippen molar-refractivity contribution in [1.82, 2.24) is 0 Å². The number of hydrogen-bond donors (Lipinski definition) is 0. The van der Waals surface area contributed by atoms with Crippen LogP contribution in [0, 0.1) is 10.1 Å². The van der Waals surface area contributed by atoms with Crippen LogP contribution in [0.5, 0.6) is 0 Å². The Kier molecular flexibility index (Phi) is 3.43. The van der Waals surface area contributed by atoms with Gasteiger partial charge in [0, 0.05) is 6.07 Å². The van der Waals surface area contributed by atoms with Crippen LogP contribution >= 0.6 is 22.6 Å². The van der Waals surface area contributed by atoms with Gasteiger partial charge < -0.3 is 0 Å². The molecule has 0 saturated heterocycles. The third kappa shape index (κ3) is 2.21. The van der Waals surface area contributed by atoms with Gasteiger partial charge in [-0.25, -0.2) is 8.42 Å². The van der Waals surface area contributed by atoms with E-state index in [1.807, 2.05) is 0 Å². The van der Waals surface area contributed by atoms with E-state index in [0.29, 0.717) is 0 Å². The maximum atomic E-state index is 11.4. The summed E-state index contributed by atoms with van der Waals surface area (Å²) in [6, 6.07) is 5.32. The molecule has 0 unspecified atom stereocenters. The number of halogens is 1. The fraction of sp³-hybridized carbons (Fsp3) is 0.143. The number of rotatable bonds is 3. The van der Waals surface area contributed by atoms with Gasteiger partial charge in [0.05, 0.1) is 4.92 Å². The Labute approximate surface area is 94.3 Å². The summed E-state index contributed by atoms with van der Waals surface area (Å²) in [6.45, 7) is 0. The normalized spacial score (nSPS) is 11.2. The molecule has 0 aromatic heterocycles. The number of nitrogens with zero attached hydrogens (tertiary/aromatic N) is 1. The monoisotopic (exact) mass is 327 g/mol. The van der Waals surface area contributed by atoms with Gasteiger partial charge in [0.15, 0.2) is 9.84 Å². The van der Waals surface area contributed by atoms with E-state index in [2.05, 4.69) is 0 Å². The van der Waals surface area contributed by atoms with E-state index in [0.717, 1.165) is 0 Å². The molecule has 0 N–H and O–H groups in total. The first-order chi connectivity index (χ1) is 6.49. The van der Waals surface area contributed by atoms with Gasteiger partial charge in [-0.1, -0.05) is 34.7 Å². The standard InChI is InChI=1S/C7H6INO4S/c8-5-14(12,13)7-4-2-1-3-6(7)9(10)11/h1-4H,5H2. The molecule has 0 aliphatic carbocycles. The summed E-state index contributed by atoms with van der Waals surface area (Å²) < 4.78 is 22.7. The second-order valence-corrected chi connectivity index (χ2v) is 6.20. The highest BCUT2D eigenvalue weighted by atomic mass is 127. The van der Waals surface area contributed by atoms with Crippen molar-refractivity contribution >= 4 is 38.1 Å². The Balaban J connectivity index is 3.42. The topological polar surface area (TPSA) is 77.3 Å². The quantitative estimate of drug-likeness (QED) is 0.367. The van der Waals surface area contributed by atoms with Gasteiger partial charge in [-0.2, -0.15) is 0 Å². The molecule has 0 bridgehead atoms. The summed E-state index contributed by atoms with van der Waals surface area (Å²) in [5, 5.41) is 10.5. The zero-order valence-corrected chi connectivity index (χ0v) is 9.86. The molecule has 0 aliphatic rings. The molecule has 0 fully saturated rings. The van der Waals surface area contributed by atoms with E-state index in [9.17, 15) is 18.5 Å². The Morgan fingerprint density at radius 1 is 1.36 bits per heavy atom. The lowest BCUT2D eigenvalue weighted by Gasteiger charge is -2.00. The van der Waals surface area contributed by atoms with E-state index in [4.69, 9.17) is 0 Å². The van der Waals surface area contributed by atoms with Gasteiger partial charge in [-0.05, 0) is 6.07 Å². The van der Waals surface area contributed by atoms with Gasteiger partial charge >= 0.3 is 0 Å². The Morgan fingerprint density at radius 2 is 1.93 bits per heavy atom. The molecule has 7 heteroatoms. The zero-order valence-electron chi connectivity index (χ0n) is 6.88. The number of nitro benzene ring substituents is 1. The van der Waals surface area contributed by atoms with Gasteiger partial charge in [0.25, 0.3) is 5.69 Å². The third-order valence-corrected chi connectivity index (χ3v) is 5.30. The van der Waals surface area contributed by atoms with Crippen LogP contribution in [0.3, 0.4) is 0 Å². The second kappa shape index (κ2) is 4.22. The van der Waals surface area contributed by atoms with Crippen LogP contribution in [0.4, 0.5) is 5.69 Å². The van der Waals surface area contributed by atoms with Crippen LogP contribution in [0.2, 0.25) is 0 Å². The van der Waals surface area contributed by atoms with E-state index in [1.165, 1.54) is 24.3 Å². The fourth-order valence-corrected chi connectivity index (χ4v) is 2.80. The SMILES string of the molecule is O=[N+]([O-])c1ccccc1S(=O)(=O)CI. The highest BCUT2D eigenvalue weighted by molar-refractivity contribution is 14.1. The highest BCUT2D eigenvalue weighted by Gasteiger charge is 2.23. The van der Waals surface area contributed by atoms with Crippen LogP contribution < -0.4 is 0 Å². The second-order valence-electron chi connectivity index (χ2n) is 2.45. The summed E-state index contributed by atoms with van der Waals surface area (Å²) >= 11 is 1.66. The van der Waals surface area contributed by atoms with E-state index >= 15 is 0 Å². The van der Waals surface area contributed by atoms with Crippen molar-refractivity contribution in [3.05, 3.63) is 34.4 Å². The van der Waals surface area contributed by atoms with Gasteiger partial charge in [0.2, 0.25) is 0 Å². The first kappa shape index (κ1) is 11.4. The molecular weight excluding hydrogens is 321 g/mol. The predicted molar refractivity (Wildman–Crippen MR) is 59.2 cm³/mol. The molecular formula is C7H6INO4S. The molecule has 0 saturated carbocycles. The Bertz CT molecular complexity index is 457. The molecule has 1 aromatic rings. The first-order valence-electron chi connectivity index (χ1n) is 3.51. The smallest absolute Gasteiger partial charge is 0.258 e. The minimum absolute atomic E-state index is 0.171. The van der Waals surface area contributed by atoms with Crippen molar-refractivity contribution in [1.29, 1.82) is 0 Å². The Morgan fingerprint density at radius 3 is 2.43 bits per heavy atom. The molecule has 14 heavy (non-hydrogen) atoms. The number of nitro groups is 1. The maximum Gasteiger partial charge on any atom is 0.287 e. The van der Waals surface area contributed by atoms with Crippen LogP contribution in [-0.4, -0.2) is 17.1 Å². The number of para-hydroxylation sites is 1. The summed E-state index contributed by atoms with van der Waals surface area (Å²) in [4.78, 5) is 9.60. The van der Waals surface area contributed by atoms with Crippen molar-refractivity contribution < 1.29 is 13.3 Å². The lowest BCUT2D eigenvalue weighted by molar-refractivity contribution is -0.387. The minimum atomic E-state index is -3.53. The van der Waals surface area contributed by atoms with Crippen molar-refractivity contribution in [2.24, 2.45) is 0 Å². The maximum absolute atomic E-state index is 11.4. The zero-order chi connectivity index (χ0) is 10.8. The minimum Gasteiger partial charge on any atom is -0.258 e. The molecule has 1 rings (SSSR count). The molecule has 0 radical (unpaired) electrons. The average Bonchev–Trinajstić information content (AvgIpc) is 2.18. The molecule has 0 atom stereocenters. The molecule has 1 aromatic carbocycles. The molecule has 5 nitrogen and oxygen atoms in total. The van der Waals surface area contributed by atoms with Crippen molar-refractivity contribution in [3.8, 4) is 0 Å². The van der Waals surface area contributed by atoms with Gasteiger partial charge in [-0.15, -0.1) is 0 Å². The van der Waals surface area contributed by atoms with Crippen molar-refractivity contribution in [2.75, 3.05) is 3.76 Å². The number of alkyl halides is 1. The lowest BCUT2D eigenvalue weighted by Crippen LogP contribution is -2.05. The first-order valence-corrected chi connectivity index (χ1v) is 6.69. The highest BCUT2D eigenvalue weighted by Crippen LogP contribution is 2.24. The largest absolute Gasteiger partial charge is 0.287 e. The molecule has 0 amide bonds. The predicted octanol–water partition coefficient (Wildman–Crippen LogP) is 1.76. The average molecular weight is 327 g/mol. The third-order valence-electron chi connectivity index (χ3n) is 1.54. The molecule has 0 heterocycles. The van der Waals surface area contributed by atoms with E-state index in [1.54, 1.807) is 22.6 Å². The van der Waals surface area contributed by atoms with Gasteiger partial charge in [0.1, 0.15) is 8.66 Å². The van der Waals surface area contributed by atoms with Crippen molar-refractivity contribution in [3.63, 3.8) is 0 Å². The van der Waals surface area contributed by atoms with E-state index in [-0.39, 0.29) is 14.3 Å².